The zero-order valence-corrected chi connectivity index (χ0v) is 19.7. The van der Waals surface area contributed by atoms with Crippen LogP contribution in [0.15, 0.2) is 77.4 Å². The molecule has 0 bridgehead atoms. The smallest absolute Gasteiger partial charge is 0.242 e. The van der Waals surface area contributed by atoms with Gasteiger partial charge in [0.1, 0.15) is 11.6 Å². The van der Waals surface area contributed by atoms with Crippen LogP contribution in [0.3, 0.4) is 0 Å². The van der Waals surface area contributed by atoms with Crippen molar-refractivity contribution in [3.05, 3.63) is 95.7 Å². The molecule has 6 heteroatoms. The first kappa shape index (κ1) is 23.7. The minimum Gasteiger partial charge on any atom is -0.467 e. The van der Waals surface area contributed by atoms with Crippen LogP contribution in [0.4, 0.5) is 4.39 Å². The quantitative estimate of drug-likeness (QED) is 0.414. The second-order valence-corrected chi connectivity index (χ2v) is 9.43. The van der Waals surface area contributed by atoms with Gasteiger partial charge < -0.3 is 14.2 Å². The highest BCUT2D eigenvalue weighted by atomic mass is 19.1. The second-order valence-electron chi connectivity index (χ2n) is 9.43. The molecule has 1 aliphatic rings. The highest BCUT2D eigenvalue weighted by molar-refractivity contribution is 5.88. The van der Waals surface area contributed by atoms with Crippen LogP contribution in [0.5, 0.6) is 0 Å². The third-order valence-corrected chi connectivity index (χ3v) is 6.12. The summed E-state index contributed by atoms with van der Waals surface area (Å²) < 4.78 is 18.8. The van der Waals surface area contributed by atoms with Crippen LogP contribution in [0.2, 0.25) is 0 Å². The molecular weight excluding hydrogens is 431 g/mol. The van der Waals surface area contributed by atoms with E-state index in [1.54, 1.807) is 34.3 Å². The molecule has 1 heterocycles. The Morgan fingerprint density at radius 2 is 1.71 bits per heavy atom. The molecule has 2 unspecified atom stereocenters. The Labute approximate surface area is 200 Å². The van der Waals surface area contributed by atoms with Crippen LogP contribution in [-0.2, 0) is 22.7 Å². The van der Waals surface area contributed by atoms with Gasteiger partial charge in [-0.1, -0.05) is 56.3 Å². The number of hydrogen-bond donors (Lipinski definition) is 0. The molecule has 178 valence electrons. The summed E-state index contributed by atoms with van der Waals surface area (Å²) in [6.07, 6.45) is 2.39. The number of hydrogen-bond acceptors (Lipinski definition) is 3. The van der Waals surface area contributed by atoms with E-state index < -0.39 is 0 Å². The van der Waals surface area contributed by atoms with Crippen molar-refractivity contribution < 1.29 is 18.4 Å². The fourth-order valence-corrected chi connectivity index (χ4v) is 4.34. The fraction of sp³-hybridized carbons (Fsp3) is 0.357. The molecule has 0 radical (unpaired) electrons. The predicted molar refractivity (Wildman–Crippen MR) is 128 cm³/mol. The molecule has 0 spiro atoms. The molecular formula is C28H31FN2O3. The molecule has 0 aliphatic heterocycles. The lowest BCUT2D eigenvalue weighted by atomic mass is 10.1. The summed E-state index contributed by atoms with van der Waals surface area (Å²) in [5.41, 5.74) is 1.99. The summed E-state index contributed by atoms with van der Waals surface area (Å²) in [7, 11) is 0. The van der Waals surface area contributed by atoms with Crippen molar-refractivity contribution in [2.45, 2.75) is 39.3 Å². The molecule has 2 atom stereocenters. The molecule has 2 amide bonds. The number of amides is 2. The summed E-state index contributed by atoms with van der Waals surface area (Å²) in [6.45, 7) is 5.21. The zero-order chi connectivity index (χ0) is 24.1. The van der Waals surface area contributed by atoms with E-state index in [2.05, 4.69) is 12.1 Å². The van der Waals surface area contributed by atoms with Crippen LogP contribution in [0, 0.1) is 17.7 Å². The van der Waals surface area contributed by atoms with Gasteiger partial charge in [-0.2, -0.15) is 0 Å². The molecule has 34 heavy (non-hydrogen) atoms. The van der Waals surface area contributed by atoms with E-state index in [9.17, 15) is 14.0 Å². The summed E-state index contributed by atoms with van der Waals surface area (Å²) in [5.74, 6) is 0.590. The summed E-state index contributed by atoms with van der Waals surface area (Å²) >= 11 is 0. The molecule has 0 saturated heterocycles. The Hall–Kier alpha value is -3.41. The highest BCUT2D eigenvalue weighted by Gasteiger charge is 2.46. The molecule has 3 aromatic rings. The maximum atomic E-state index is 13.4. The van der Waals surface area contributed by atoms with Gasteiger partial charge in [-0.15, -0.1) is 0 Å². The Balaban J connectivity index is 1.48. The first-order chi connectivity index (χ1) is 16.4. The van der Waals surface area contributed by atoms with Gasteiger partial charge in [0.2, 0.25) is 11.8 Å². The minimum atomic E-state index is -0.321. The van der Waals surface area contributed by atoms with Gasteiger partial charge in [0, 0.05) is 19.0 Å². The van der Waals surface area contributed by atoms with Gasteiger partial charge in [0.25, 0.3) is 0 Å². The normalized spacial score (nSPS) is 16.9. The Bertz CT molecular complexity index is 1080. The topological polar surface area (TPSA) is 53.8 Å². The zero-order valence-electron chi connectivity index (χ0n) is 19.7. The van der Waals surface area contributed by atoms with Gasteiger partial charge in [-0.25, -0.2) is 4.39 Å². The lowest BCUT2D eigenvalue weighted by Gasteiger charge is -2.29. The van der Waals surface area contributed by atoms with Crippen LogP contribution >= 0.6 is 0 Å². The molecule has 0 N–H and O–H groups in total. The SMILES string of the molecule is CC(C)CN(CC(=O)N(Cc1ccc(F)cc1)Cc1ccco1)C(=O)C1CC1c1ccccc1. The fourth-order valence-electron chi connectivity index (χ4n) is 4.34. The predicted octanol–water partition coefficient (Wildman–Crippen LogP) is 5.24. The molecule has 4 rings (SSSR count). The number of nitrogens with zero attached hydrogens (tertiary/aromatic N) is 2. The number of rotatable bonds is 10. The van der Waals surface area contributed by atoms with Gasteiger partial charge in [0.15, 0.2) is 0 Å². The number of furan rings is 1. The third kappa shape index (κ3) is 6.13. The molecule has 1 saturated carbocycles. The molecule has 1 aliphatic carbocycles. The first-order valence-electron chi connectivity index (χ1n) is 11.8. The van der Waals surface area contributed by atoms with Crippen molar-refractivity contribution in [3.63, 3.8) is 0 Å². The van der Waals surface area contributed by atoms with E-state index in [1.807, 2.05) is 38.1 Å². The number of halogens is 1. The van der Waals surface area contributed by atoms with Crippen LogP contribution in [-0.4, -0.2) is 34.7 Å². The molecule has 2 aromatic carbocycles. The lowest BCUT2D eigenvalue weighted by Crippen LogP contribution is -2.44. The van der Waals surface area contributed by atoms with Gasteiger partial charge in [-0.3, -0.25) is 9.59 Å². The van der Waals surface area contributed by atoms with E-state index in [0.29, 0.717) is 18.8 Å². The summed E-state index contributed by atoms with van der Waals surface area (Å²) in [4.78, 5) is 30.2. The second kappa shape index (κ2) is 10.7. The average Bonchev–Trinajstić information content (AvgIpc) is 3.46. The monoisotopic (exact) mass is 462 g/mol. The van der Waals surface area contributed by atoms with E-state index in [0.717, 1.165) is 12.0 Å². The van der Waals surface area contributed by atoms with Crippen molar-refractivity contribution in [1.82, 2.24) is 9.80 Å². The first-order valence-corrected chi connectivity index (χ1v) is 11.8. The summed E-state index contributed by atoms with van der Waals surface area (Å²) in [5, 5.41) is 0. The van der Waals surface area contributed by atoms with Crippen molar-refractivity contribution >= 4 is 11.8 Å². The van der Waals surface area contributed by atoms with Crippen LogP contribution in [0.1, 0.15) is 43.1 Å². The summed E-state index contributed by atoms with van der Waals surface area (Å²) in [6, 6.07) is 19.8. The van der Waals surface area contributed by atoms with Crippen molar-refractivity contribution in [2.24, 2.45) is 11.8 Å². The maximum absolute atomic E-state index is 13.4. The van der Waals surface area contributed by atoms with E-state index >= 15 is 0 Å². The Kier molecular flexibility index (Phi) is 7.46. The number of carbonyl (C=O) groups is 2. The molecule has 1 fully saturated rings. The molecule has 5 nitrogen and oxygen atoms in total. The van der Waals surface area contributed by atoms with E-state index in [4.69, 9.17) is 4.42 Å². The highest BCUT2D eigenvalue weighted by Crippen LogP contribution is 2.48. The maximum Gasteiger partial charge on any atom is 0.242 e. The van der Waals surface area contributed by atoms with Gasteiger partial charge in [0.05, 0.1) is 19.4 Å². The molecule has 1 aromatic heterocycles. The Morgan fingerprint density at radius 1 is 0.971 bits per heavy atom. The average molecular weight is 463 g/mol. The number of benzene rings is 2. The van der Waals surface area contributed by atoms with Crippen molar-refractivity contribution in [1.29, 1.82) is 0 Å². The largest absolute Gasteiger partial charge is 0.467 e. The number of carbonyl (C=O) groups excluding carboxylic acids is 2. The third-order valence-electron chi connectivity index (χ3n) is 6.12. The standard InChI is InChI=1S/C28H31FN2O3/c1-20(2)16-31(28(33)26-15-25(26)22-7-4-3-5-8-22)19-27(32)30(18-24-9-6-14-34-24)17-21-10-12-23(29)13-11-21/h3-14,20,25-26H,15-19H2,1-2H3. The Morgan fingerprint density at radius 3 is 2.35 bits per heavy atom. The van der Waals surface area contributed by atoms with Crippen LogP contribution < -0.4 is 0 Å². The van der Waals surface area contributed by atoms with Crippen molar-refractivity contribution in [2.75, 3.05) is 13.1 Å². The van der Waals surface area contributed by atoms with Gasteiger partial charge in [-0.05, 0) is 53.6 Å². The van der Waals surface area contributed by atoms with Crippen molar-refractivity contribution in [3.8, 4) is 0 Å². The van der Waals surface area contributed by atoms with Crippen LogP contribution in [0.25, 0.3) is 0 Å². The lowest BCUT2D eigenvalue weighted by molar-refractivity contribution is -0.142. The van der Waals surface area contributed by atoms with E-state index in [-0.39, 0.29) is 48.5 Å². The minimum absolute atomic E-state index is 0.0108. The van der Waals surface area contributed by atoms with Gasteiger partial charge >= 0.3 is 0 Å². The van der Waals surface area contributed by atoms with E-state index in [1.165, 1.54) is 17.7 Å².